The van der Waals surface area contributed by atoms with E-state index in [1.165, 1.54) is 11.3 Å². The second-order valence-electron chi connectivity index (χ2n) is 8.60. The first-order valence-electron chi connectivity index (χ1n) is 11.7. The number of anilines is 1. The SMILES string of the molecule is Cc1cccc(N2CCN(C(=O)[C@H](Cc3ccccc3)NC(=O)OCc3ccccc3)CC2)c1. The molecule has 4 rings (SSSR count). The number of aryl methyl sites for hydroxylation is 1. The molecule has 0 spiro atoms. The number of nitrogens with zero attached hydrogens (tertiary/aromatic N) is 2. The first-order valence-corrected chi connectivity index (χ1v) is 11.7. The Morgan fingerprint density at radius 3 is 2.15 bits per heavy atom. The van der Waals surface area contributed by atoms with Crippen LogP contribution in [0.1, 0.15) is 16.7 Å². The lowest BCUT2D eigenvalue weighted by Crippen LogP contribution is -2.55. The molecule has 1 saturated heterocycles. The minimum atomic E-state index is -0.684. The van der Waals surface area contributed by atoms with Crippen molar-refractivity contribution in [2.45, 2.75) is 26.0 Å². The van der Waals surface area contributed by atoms with Gasteiger partial charge < -0.3 is 19.9 Å². The van der Waals surface area contributed by atoms with E-state index in [2.05, 4.69) is 41.4 Å². The molecule has 1 atom stereocenters. The zero-order valence-corrected chi connectivity index (χ0v) is 19.5. The summed E-state index contributed by atoms with van der Waals surface area (Å²) in [6.07, 6.45) is -0.172. The molecule has 1 fully saturated rings. The molecule has 3 aromatic carbocycles. The molecule has 0 unspecified atom stereocenters. The van der Waals surface area contributed by atoms with Gasteiger partial charge in [0.2, 0.25) is 5.91 Å². The third kappa shape index (κ3) is 6.38. The van der Waals surface area contributed by atoms with Crippen molar-refractivity contribution in [1.82, 2.24) is 10.2 Å². The van der Waals surface area contributed by atoms with E-state index in [-0.39, 0.29) is 12.5 Å². The molecule has 2 amide bonds. The van der Waals surface area contributed by atoms with Crippen LogP contribution in [0.2, 0.25) is 0 Å². The highest BCUT2D eigenvalue weighted by atomic mass is 16.5. The van der Waals surface area contributed by atoms with Gasteiger partial charge in [0.25, 0.3) is 0 Å². The maximum Gasteiger partial charge on any atom is 0.408 e. The third-order valence-corrected chi connectivity index (χ3v) is 6.04. The van der Waals surface area contributed by atoms with Crippen LogP contribution in [0.5, 0.6) is 0 Å². The molecule has 3 aromatic rings. The van der Waals surface area contributed by atoms with E-state index < -0.39 is 12.1 Å². The summed E-state index contributed by atoms with van der Waals surface area (Å²) in [5.41, 5.74) is 4.28. The Labute approximate surface area is 201 Å². The molecule has 6 nitrogen and oxygen atoms in total. The number of hydrogen-bond donors (Lipinski definition) is 1. The molecule has 1 aliphatic heterocycles. The maximum atomic E-state index is 13.4. The highest BCUT2D eigenvalue weighted by molar-refractivity contribution is 5.86. The van der Waals surface area contributed by atoms with Gasteiger partial charge in [-0.3, -0.25) is 4.79 Å². The van der Waals surface area contributed by atoms with Crippen LogP contribution in [0.4, 0.5) is 10.5 Å². The van der Waals surface area contributed by atoms with Crippen LogP contribution in [0.3, 0.4) is 0 Å². The van der Waals surface area contributed by atoms with Crippen molar-refractivity contribution >= 4 is 17.7 Å². The van der Waals surface area contributed by atoms with Gasteiger partial charge in [-0.05, 0) is 35.7 Å². The van der Waals surface area contributed by atoms with Gasteiger partial charge in [0.1, 0.15) is 12.6 Å². The first-order chi connectivity index (χ1) is 16.6. The van der Waals surface area contributed by atoms with Crippen LogP contribution in [-0.4, -0.2) is 49.1 Å². The smallest absolute Gasteiger partial charge is 0.408 e. The van der Waals surface area contributed by atoms with Gasteiger partial charge in [-0.2, -0.15) is 0 Å². The number of alkyl carbamates (subject to hydrolysis) is 1. The summed E-state index contributed by atoms with van der Waals surface area (Å²) in [4.78, 5) is 30.1. The standard InChI is InChI=1S/C28H31N3O3/c1-22-9-8-14-25(19-22)30-15-17-31(18-16-30)27(32)26(20-23-10-4-2-5-11-23)29-28(33)34-21-24-12-6-3-7-13-24/h2-14,19,26H,15-18,20-21H2,1H3,(H,29,33)/t26-/m0/s1. The van der Waals surface area contributed by atoms with Crippen LogP contribution in [-0.2, 0) is 22.6 Å². The highest BCUT2D eigenvalue weighted by Crippen LogP contribution is 2.18. The number of hydrogen-bond acceptors (Lipinski definition) is 4. The topological polar surface area (TPSA) is 61.9 Å². The Balaban J connectivity index is 1.38. The van der Waals surface area contributed by atoms with Crippen molar-refractivity contribution in [2.75, 3.05) is 31.1 Å². The van der Waals surface area contributed by atoms with Crippen LogP contribution in [0, 0.1) is 6.92 Å². The molecule has 0 aromatic heterocycles. The predicted molar refractivity (Wildman–Crippen MR) is 134 cm³/mol. The summed E-state index contributed by atoms with van der Waals surface area (Å²) in [6, 6.07) is 27.0. The summed E-state index contributed by atoms with van der Waals surface area (Å²) in [5.74, 6) is -0.0793. The number of carbonyl (C=O) groups is 2. The molecule has 6 heteroatoms. The lowest BCUT2D eigenvalue weighted by atomic mass is 10.0. The lowest BCUT2D eigenvalue weighted by Gasteiger charge is -2.37. The largest absolute Gasteiger partial charge is 0.445 e. The number of amides is 2. The number of carbonyl (C=O) groups excluding carboxylic acids is 2. The zero-order chi connectivity index (χ0) is 23.8. The summed E-state index contributed by atoms with van der Waals surface area (Å²) >= 11 is 0. The molecule has 1 aliphatic rings. The number of rotatable bonds is 7. The number of piperazine rings is 1. The zero-order valence-electron chi connectivity index (χ0n) is 19.5. The van der Waals surface area contributed by atoms with Crippen molar-refractivity contribution in [3.8, 4) is 0 Å². The van der Waals surface area contributed by atoms with E-state index in [9.17, 15) is 9.59 Å². The van der Waals surface area contributed by atoms with E-state index in [1.54, 1.807) is 0 Å². The number of benzene rings is 3. The van der Waals surface area contributed by atoms with Crippen molar-refractivity contribution in [2.24, 2.45) is 0 Å². The van der Waals surface area contributed by atoms with E-state index in [0.29, 0.717) is 19.5 Å². The van der Waals surface area contributed by atoms with Crippen molar-refractivity contribution in [1.29, 1.82) is 0 Å². The van der Waals surface area contributed by atoms with Gasteiger partial charge in [0.15, 0.2) is 0 Å². The van der Waals surface area contributed by atoms with Crippen molar-refractivity contribution in [3.05, 3.63) is 102 Å². The monoisotopic (exact) mass is 457 g/mol. The fraction of sp³-hybridized carbons (Fsp3) is 0.286. The number of ether oxygens (including phenoxy) is 1. The minimum Gasteiger partial charge on any atom is -0.445 e. The summed E-state index contributed by atoms with van der Waals surface area (Å²) in [6.45, 7) is 4.98. The molecule has 0 radical (unpaired) electrons. The van der Waals surface area contributed by atoms with Gasteiger partial charge in [-0.15, -0.1) is 0 Å². The van der Waals surface area contributed by atoms with Gasteiger partial charge >= 0.3 is 6.09 Å². The third-order valence-electron chi connectivity index (χ3n) is 6.04. The van der Waals surface area contributed by atoms with E-state index in [0.717, 1.165) is 24.2 Å². The van der Waals surface area contributed by atoms with Crippen LogP contribution in [0.15, 0.2) is 84.9 Å². The molecular formula is C28H31N3O3. The Morgan fingerprint density at radius 1 is 0.853 bits per heavy atom. The maximum absolute atomic E-state index is 13.4. The second kappa shape index (κ2) is 11.4. The highest BCUT2D eigenvalue weighted by Gasteiger charge is 2.29. The molecule has 1 heterocycles. The van der Waals surface area contributed by atoms with E-state index in [1.807, 2.05) is 65.6 Å². The molecular weight excluding hydrogens is 426 g/mol. The quantitative estimate of drug-likeness (QED) is 0.578. The Hall–Kier alpha value is -3.80. The van der Waals surface area contributed by atoms with Crippen molar-refractivity contribution < 1.29 is 14.3 Å². The Morgan fingerprint density at radius 2 is 1.50 bits per heavy atom. The normalized spacial score (nSPS) is 14.4. The lowest BCUT2D eigenvalue weighted by molar-refractivity contribution is -0.133. The van der Waals surface area contributed by atoms with E-state index >= 15 is 0 Å². The van der Waals surface area contributed by atoms with Crippen LogP contribution < -0.4 is 10.2 Å². The molecule has 1 N–H and O–H groups in total. The molecule has 34 heavy (non-hydrogen) atoms. The Bertz CT molecular complexity index is 1080. The second-order valence-corrected chi connectivity index (χ2v) is 8.60. The van der Waals surface area contributed by atoms with Crippen LogP contribution in [0.25, 0.3) is 0 Å². The number of nitrogens with one attached hydrogen (secondary N) is 1. The molecule has 176 valence electrons. The van der Waals surface area contributed by atoms with Gasteiger partial charge in [-0.25, -0.2) is 4.79 Å². The average molecular weight is 458 g/mol. The molecule has 0 bridgehead atoms. The Kier molecular flexibility index (Phi) is 7.81. The van der Waals surface area contributed by atoms with Gasteiger partial charge in [-0.1, -0.05) is 72.8 Å². The average Bonchev–Trinajstić information content (AvgIpc) is 2.88. The fourth-order valence-corrected chi connectivity index (χ4v) is 4.19. The van der Waals surface area contributed by atoms with Crippen molar-refractivity contribution in [3.63, 3.8) is 0 Å². The van der Waals surface area contributed by atoms with Crippen LogP contribution >= 0.6 is 0 Å². The molecule has 0 saturated carbocycles. The first kappa shape index (κ1) is 23.4. The molecule has 0 aliphatic carbocycles. The van der Waals surface area contributed by atoms with Gasteiger partial charge in [0, 0.05) is 38.3 Å². The van der Waals surface area contributed by atoms with Gasteiger partial charge in [0.05, 0.1) is 0 Å². The predicted octanol–water partition coefficient (Wildman–Crippen LogP) is 4.18. The summed E-state index contributed by atoms with van der Waals surface area (Å²) in [5, 5.41) is 2.82. The fourth-order valence-electron chi connectivity index (χ4n) is 4.19. The van der Waals surface area contributed by atoms with E-state index in [4.69, 9.17) is 4.74 Å². The minimum absolute atomic E-state index is 0.0793. The summed E-state index contributed by atoms with van der Waals surface area (Å²) in [7, 11) is 0. The summed E-state index contributed by atoms with van der Waals surface area (Å²) < 4.78 is 5.39.